The molecule has 3 nitrogen and oxygen atoms in total. The van der Waals surface area contributed by atoms with E-state index in [1.165, 1.54) is 0 Å². The normalized spacial score (nSPS) is 21.2. The summed E-state index contributed by atoms with van der Waals surface area (Å²) >= 11 is 0. The van der Waals surface area contributed by atoms with Gasteiger partial charge in [0.2, 0.25) is 0 Å². The van der Waals surface area contributed by atoms with E-state index in [0.29, 0.717) is 31.6 Å². The minimum absolute atomic E-state index is 0.00797. The second kappa shape index (κ2) is 6.35. The zero-order valence-corrected chi connectivity index (χ0v) is 11.4. The first kappa shape index (κ1) is 15.6. The van der Waals surface area contributed by atoms with E-state index < -0.39 is 18.2 Å². The number of benzene rings is 1. The third-order valence-electron chi connectivity index (χ3n) is 3.56. The number of hydrogen-bond donors (Lipinski definition) is 0. The Hall–Kier alpha value is -1.74. The first-order valence-corrected chi connectivity index (χ1v) is 6.75. The highest BCUT2D eigenvalue weighted by Gasteiger charge is 2.37. The van der Waals surface area contributed by atoms with Crippen LogP contribution in [0.25, 0.3) is 0 Å². The van der Waals surface area contributed by atoms with Crippen molar-refractivity contribution in [1.29, 1.82) is 5.26 Å². The standard InChI is InChI=1S/C15H16F3NO2/c16-15(17,18)11-20-8-3-6-14(10-19)7-9-21-13-5-2-1-4-12(13)14/h1-2,4-5H,3,6-9,11H2. The molecule has 0 N–H and O–H groups in total. The van der Waals surface area contributed by atoms with Gasteiger partial charge in [-0.3, -0.25) is 0 Å². The first-order valence-electron chi connectivity index (χ1n) is 6.75. The molecule has 0 saturated heterocycles. The molecule has 1 heterocycles. The highest BCUT2D eigenvalue weighted by Crippen LogP contribution is 2.41. The minimum Gasteiger partial charge on any atom is -0.493 e. The number of nitrogens with zero attached hydrogens (tertiary/aromatic N) is 1. The molecule has 0 amide bonds. The molecule has 0 fully saturated rings. The molecule has 1 aromatic rings. The van der Waals surface area contributed by atoms with Gasteiger partial charge < -0.3 is 9.47 Å². The van der Waals surface area contributed by atoms with Gasteiger partial charge >= 0.3 is 6.18 Å². The van der Waals surface area contributed by atoms with Crippen LogP contribution in [0.4, 0.5) is 13.2 Å². The van der Waals surface area contributed by atoms with Gasteiger partial charge in [-0.15, -0.1) is 0 Å². The largest absolute Gasteiger partial charge is 0.493 e. The molecule has 1 atom stereocenters. The number of nitriles is 1. The average molecular weight is 299 g/mol. The van der Waals surface area contributed by atoms with E-state index in [-0.39, 0.29) is 6.61 Å². The van der Waals surface area contributed by atoms with E-state index in [1.807, 2.05) is 18.2 Å². The molecule has 21 heavy (non-hydrogen) atoms. The Labute approximate surface area is 121 Å². The molecule has 0 radical (unpaired) electrons. The van der Waals surface area contributed by atoms with Crippen LogP contribution >= 0.6 is 0 Å². The van der Waals surface area contributed by atoms with Crippen molar-refractivity contribution in [2.24, 2.45) is 0 Å². The Morgan fingerprint density at radius 3 is 2.81 bits per heavy atom. The summed E-state index contributed by atoms with van der Waals surface area (Å²) in [6.45, 7) is -0.813. The Bertz CT molecular complexity index is 524. The van der Waals surface area contributed by atoms with Crippen LogP contribution in [0.1, 0.15) is 24.8 Å². The molecule has 1 aliphatic heterocycles. The van der Waals surface area contributed by atoms with Crippen molar-refractivity contribution in [1.82, 2.24) is 0 Å². The molecule has 2 rings (SSSR count). The van der Waals surface area contributed by atoms with E-state index in [0.717, 1.165) is 5.56 Å². The van der Waals surface area contributed by atoms with Gasteiger partial charge in [0.05, 0.1) is 18.1 Å². The van der Waals surface area contributed by atoms with Crippen LogP contribution in [-0.2, 0) is 10.2 Å². The summed E-state index contributed by atoms with van der Waals surface area (Å²) in [7, 11) is 0. The van der Waals surface area contributed by atoms with Crippen LogP contribution in [0.3, 0.4) is 0 Å². The van der Waals surface area contributed by atoms with Crippen molar-refractivity contribution in [2.45, 2.75) is 30.9 Å². The third kappa shape index (κ3) is 3.88. The third-order valence-corrected chi connectivity index (χ3v) is 3.56. The van der Waals surface area contributed by atoms with Gasteiger partial charge in [-0.1, -0.05) is 18.2 Å². The molecule has 0 saturated carbocycles. The number of rotatable bonds is 5. The Morgan fingerprint density at radius 2 is 2.10 bits per heavy atom. The SMILES string of the molecule is N#CC1(CCCOCC(F)(F)F)CCOc2ccccc21. The van der Waals surface area contributed by atoms with Crippen LogP contribution in [-0.4, -0.2) is 26.0 Å². The maximum Gasteiger partial charge on any atom is 0.411 e. The van der Waals surface area contributed by atoms with Crippen molar-refractivity contribution in [2.75, 3.05) is 19.8 Å². The predicted octanol–water partition coefficient (Wildman–Crippen LogP) is 3.59. The number of hydrogen-bond acceptors (Lipinski definition) is 3. The summed E-state index contributed by atoms with van der Waals surface area (Å²) in [5.74, 6) is 0.682. The van der Waals surface area contributed by atoms with Crippen molar-refractivity contribution in [3.63, 3.8) is 0 Å². The smallest absolute Gasteiger partial charge is 0.411 e. The molecule has 114 valence electrons. The van der Waals surface area contributed by atoms with Gasteiger partial charge in [0, 0.05) is 18.6 Å². The molecule has 1 aliphatic rings. The molecule has 0 spiro atoms. The van der Waals surface area contributed by atoms with Gasteiger partial charge in [-0.05, 0) is 18.9 Å². The lowest BCUT2D eigenvalue weighted by atomic mass is 9.74. The highest BCUT2D eigenvalue weighted by molar-refractivity contribution is 5.45. The van der Waals surface area contributed by atoms with Crippen molar-refractivity contribution >= 4 is 0 Å². The van der Waals surface area contributed by atoms with E-state index in [2.05, 4.69) is 10.8 Å². The van der Waals surface area contributed by atoms with Crippen LogP contribution in [0.5, 0.6) is 5.75 Å². The van der Waals surface area contributed by atoms with E-state index >= 15 is 0 Å². The molecule has 0 bridgehead atoms. The second-order valence-corrected chi connectivity index (χ2v) is 5.06. The fraction of sp³-hybridized carbons (Fsp3) is 0.533. The lowest BCUT2D eigenvalue weighted by Gasteiger charge is -2.33. The van der Waals surface area contributed by atoms with Crippen LogP contribution in [0.2, 0.25) is 0 Å². The number of para-hydroxylation sites is 1. The topological polar surface area (TPSA) is 42.2 Å². The summed E-state index contributed by atoms with van der Waals surface area (Å²) in [4.78, 5) is 0. The molecular formula is C15H16F3NO2. The van der Waals surface area contributed by atoms with Gasteiger partial charge in [0.1, 0.15) is 12.4 Å². The van der Waals surface area contributed by atoms with Crippen molar-refractivity contribution < 1.29 is 22.6 Å². The van der Waals surface area contributed by atoms with Gasteiger partial charge in [-0.2, -0.15) is 18.4 Å². The molecule has 0 aromatic heterocycles. The summed E-state index contributed by atoms with van der Waals surface area (Å²) in [5, 5.41) is 9.55. The zero-order valence-electron chi connectivity index (χ0n) is 11.4. The molecular weight excluding hydrogens is 283 g/mol. The summed E-state index contributed by atoms with van der Waals surface area (Å²) in [6.07, 6.45) is -2.91. The number of fused-ring (bicyclic) bond motifs is 1. The summed E-state index contributed by atoms with van der Waals surface area (Å²) < 4.78 is 46.1. The van der Waals surface area contributed by atoms with E-state index in [4.69, 9.17) is 4.74 Å². The highest BCUT2D eigenvalue weighted by atomic mass is 19.4. The van der Waals surface area contributed by atoms with Gasteiger partial charge in [0.15, 0.2) is 0 Å². The van der Waals surface area contributed by atoms with Crippen molar-refractivity contribution in [3.8, 4) is 11.8 Å². The molecule has 1 unspecified atom stereocenters. The fourth-order valence-corrected chi connectivity index (χ4v) is 2.55. The maximum atomic E-state index is 12.0. The average Bonchev–Trinajstić information content (AvgIpc) is 2.46. The van der Waals surface area contributed by atoms with Crippen molar-refractivity contribution in [3.05, 3.63) is 29.8 Å². The monoisotopic (exact) mass is 299 g/mol. The first-order chi connectivity index (χ1) is 9.97. The maximum absolute atomic E-state index is 12.0. The zero-order chi connectivity index (χ0) is 15.3. The minimum atomic E-state index is -4.31. The summed E-state index contributed by atoms with van der Waals surface area (Å²) in [6, 6.07) is 9.64. The Kier molecular flexibility index (Phi) is 4.73. The second-order valence-electron chi connectivity index (χ2n) is 5.06. The number of halogens is 3. The lowest BCUT2D eigenvalue weighted by molar-refractivity contribution is -0.174. The van der Waals surface area contributed by atoms with Gasteiger partial charge in [0.25, 0.3) is 0 Å². The van der Waals surface area contributed by atoms with Crippen LogP contribution in [0.15, 0.2) is 24.3 Å². The van der Waals surface area contributed by atoms with Crippen LogP contribution in [0, 0.1) is 11.3 Å². The van der Waals surface area contributed by atoms with E-state index in [9.17, 15) is 18.4 Å². The quantitative estimate of drug-likeness (QED) is 0.780. The van der Waals surface area contributed by atoms with Gasteiger partial charge in [-0.25, -0.2) is 0 Å². The fourth-order valence-electron chi connectivity index (χ4n) is 2.55. The van der Waals surface area contributed by atoms with E-state index in [1.54, 1.807) is 6.07 Å². The molecule has 1 aromatic carbocycles. The summed E-state index contributed by atoms with van der Waals surface area (Å²) in [5.41, 5.74) is 0.116. The Morgan fingerprint density at radius 1 is 1.33 bits per heavy atom. The van der Waals surface area contributed by atoms with Crippen LogP contribution < -0.4 is 4.74 Å². The molecule has 6 heteroatoms. The number of ether oxygens (including phenoxy) is 2. The number of alkyl halides is 3. The molecule has 0 aliphatic carbocycles. The lowest BCUT2D eigenvalue weighted by Crippen LogP contribution is -2.32. The Balaban J connectivity index is 1.96. The predicted molar refractivity (Wildman–Crippen MR) is 70.0 cm³/mol.